The summed E-state index contributed by atoms with van der Waals surface area (Å²) in [5.41, 5.74) is 1.93. The molecule has 0 saturated carbocycles. The molecule has 3 rings (SSSR count). The summed E-state index contributed by atoms with van der Waals surface area (Å²) < 4.78 is 29.1. The van der Waals surface area contributed by atoms with E-state index in [2.05, 4.69) is 10.6 Å². The Bertz CT molecular complexity index is 1150. The smallest absolute Gasteiger partial charge is 0.291 e. The zero-order valence-electron chi connectivity index (χ0n) is 15.9. The second kappa shape index (κ2) is 8.32. The number of furan rings is 1. The molecule has 0 bridgehead atoms. The van der Waals surface area contributed by atoms with Crippen LogP contribution < -0.4 is 10.6 Å². The summed E-state index contributed by atoms with van der Waals surface area (Å²) in [6.07, 6.45) is 1.40. The molecule has 0 saturated heterocycles. The lowest BCUT2D eigenvalue weighted by Crippen LogP contribution is -2.15. The molecule has 0 aliphatic heterocycles. The summed E-state index contributed by atoms with van der Waals surface area (Å²) >= 11 is 0. The van der Waals surface area contributed by atoms with E-state index in [1.807, 2.05) is 0 Å². The fraction of sp³-hybridized carbons (Fsp3) is 0.143. The van der Waals surface area contributed by atoms with Gasteiger partial charge in [-0.25, -0.2) is 8.42 Å². The van der Waals surface area contributed by atoms with Gasteiger partial charge in [0.1, 0.15) is 0 Å². The lowest BCUT2D eigenvalue weighted by atomic mass is 10.1. The average Bonchev–Trinajstić information content (AvgIpc) is 3.25. The monoisotopic (exact) mass is 412 g/mol. The molecule has 7 nitrogen and oxygen atoms in total. The molecular formula is C21H20N2O5S. The van der Waals surface area contributed by atoms with Crippen LogP contribution in [0.4, 0.5) is 11.4 Å². The number of benzene rings is 2. The first kappa shape index (κ1) is 20.3. The number of hydrogen-bond donors (Lipinski definition) is 2. The van der Waals surface area contributed by atoms with Gasteiger partial charge in [-0.15, -0.1) is 0 Å². The van der Waals surface area contributed by atoms with E-state index in [0.717, 1.165) is 5.56 Å². The van der Waals surface area contributed by atoms with Crippen molar-refractivity contribution >= 4 is 33.0 Å². The fourth-order valence-corrected chi connectivity index (χ4v) is 3.55. The van der Waals surface area contributed by atoms with Crippen LogP contribution in [0.1, 0.15) is 33.4 Å². The molecule has 2 N–H and O–H groups in total. The summed E-state index contributed by atoms with van der Waals surface area (Å²) in [6.45, 7) is 3.37. The van der Waals surface area contributed by atoms with Crippen molar-refractivity contribution in [1.29, 1.82) is 0 Å². The number of hydrogen-bond acceptors (Lipinski definition) is 5. The van der Waals surface area contributed by atoms with Gasteiger partial charge in [0.15, 0.2) is 15.6 Å². The molecule has 0 atom stereocenters. The molecule has 2 amide bonds. The van der Waals surface area contributed by atoms with Crippen LogP contribution in [0.25, 0.3) is 0 Å². The molecule has 0 aliphatic rings. The number of anilines is 2. The molecule has 0 fully saturated rings. The highest BCUT2D eigenvalue weighted by atomic mass is 32.2. The van der Waals surface area contributed by atoms with Gasteiger partial charge in [-0.1, -0.05) is 19.1 Å². The Morgan fingerprint density at radius 1 is 0.966 bits per heavy atom. The maximum atomic E-state index is 12.6. The van der Waals surface area contributed by atoms with E-state index in [4.69, 9.17) is 4.42 Å². The molecule has 2 aromatic carbocycles. The van der Waals surface area contributed by atoms with Crippen molar-refractivity contribution in [2.24, 2.45) is 0 Å². The maximum Gasteiger partial charge on any atom is 0.291 e. The highest BCUT2D eigenvalue weighted by Gasteiger charge is 2.15. The van der Waals surface area contributed by atoms with Crippen LogP contribution in [0.2, 0.25) is 0 Å². The number of rotatable bonds is 6. The molecule has 0 aliphatic carbocycles. The van der Waals surface area contributed by atoms with Crippen molar-refractivity contribution in [1.82, 2.24) is 0 Å². The lowest BCUT2D eigenvalue weighted by Gasteiger charge is -2.11. The Hall–Kier alpha value is -3.39. The SMILES string of the molecule is CCS(=O)(=O)c1cccc(NC(=O)c2ccc(C)c(NC(=O)c3ccco3)c2)c1. The first-order chi connectivity index (χ1) is 13.8. The number of nitrogens with one attached hydrogen (secondary N) is 2. The third-order valence-electron chi connectivity index (χ3n) is 4.32. The van der Waals surface area contributed by atoms with Crippen LogP contribution >= 0.6 is 0 Å². The van der Waals surface area contributed by atoms with Gasteiger partial charge in [0, 0.05) is 16.9 Å². The fourth-order valence-electron chi connectivity index (χ4n) is 2.63. The Balaban J connectivity index is 1.80. The molecule has 0 spiro atoms. The van der Waals surface area contributed by atoms with Gasteiger partial charge in [-0.05, 0) is 55.0 Å². The van der Waals surface area contributed by atoms with Gasteiger partial charge < -0.3 is 15.1 Å². The van der Waals surface area contributed by atoms with E-state index >= 15 is 0 Å². The first-order valence-corrected chi connectivity index (χ1v) is 10.5. The highest BCUT2D eigenvalue weighted by molar-refractivity contribution is 7.91. The Morgan fingerprint density at radius 3 is 2.45 bits per heavy atom. The normalized spacial score (nSPS) is 11.1. The Labute approximate surface area is 168 Å². The zero-order valence-corrected chi connectivity index (χ0v) is 16.7. The van der Waals surface area contributed by atoms with Crippen molar-refractivity contribution in [3.05, 3.63) is 77.7 Å². The van der Waals surface area contributed by atoms with Gasteiger partial charge in [0.05, 0.1) is 16.9 Å². The van der Waals surface area contributed by atoms with Crippen LogP contribution in [-0.4, -0.2) is 26.0 Å². The highest BCUT2D eigenvalue weighted by Crippen LogP contribution is 2.21. The summed E-state index contributed by atoms with van der Waals surface area (Å²) in [6, 6.07) is 14.1. The van der Waals surface area contributed by atoms with Crippen LogP contribution in [0.5, 0.6) is 0 Å². The van der Waals surface area contributed by atoms with Crippen molar-refractivity contribution in [3.8, 4) is 0 Å². The van der Waals surface area contributed by atoms with E-state index in [0.29, 0.717) is 16.9 Å². The predicted octanol–water partition coefficient (Wildman–Crippen LogP) is 3.89. The summed E-state index contributed by atoms with van der Waals surface area (Å²) in [5.74, 6) is -0.716. The molecule has 1 heterocycles. The molecule has 29 heavy (non-hydrogen) atoms. The van der Waals surface area contributed by atoms with Gasteiger partial charge in [-0.3, -0.25) is 9.59 Å². The van der Waals surface area contributed by atoms with Crippen molar-refractivity contribution in [3.63, 3.8) is 0 Å². The number of sulfone groups is 1. The third-order valence-corrected chi connectivity index (χ3v) is 6.06. The minimum absolute atomic E-state index is 0.0267. The van der Waals surface area contributed by atoms with Crippen LogP contribution in [0, 0.1) is 6.92 Å². The largest absolute Gasteiger partial charge is 0.459 e. The standard InChI is InChI=1S/C21H20N2O5S/c1-3-29(26,27)17-7-4-6-16(13-17)22-20(24)15-10-9-14(2)18(12-15)23-21(25)19-8-5-11-28-19/h4-13H,3H2,1-2H3,(H,22,24)(H,23,25). The Kier molecular flexibility index (Phi) is 5.84. The van der Waals surface area contributed by atoms with Gasteiger partial charge in [0.25, 0.3) is 11.8 Å². The minimum Gasteiger partial charge on any atom is -0.459 e. The second-order valence-electron chi connectivity index (χ2n) is 6.35. The number of carbonyl (C=O) groups excluding carboxylic acids is 2. The van der Waals surface area contributed by atoms with E-state index in [9.17, 15) is 18.0 Å². The average molecular weight is 412 g/mol. The van der Waals surface area contributed by atoms with E-state index in [-0.39, 0.29) is 16.4 Å². The van der Waals surface area contributed by atoms with E-state index < -0.39 is 21.7 Å². The van der Waals surface area contributed by atoms with Crippen molar-refractivity contribution in [2.45, 2.75) is 18.7 Å². The van der Waals surface area contributed by atoms with Crippen LogP contribution in [0.15, 0.2) is 70.2 Å². The van der Waals surface area contributed by atoms with Gasteiger partial charge >= 0.3 is 0 Å². The molecule has 150 valence electrons. The zero-order chi connectivity index (χ0) is 21.0. The summed E-state index contributed by atoms with van der Waals surface area (Å²) in [4.78, 5) is 25.0. The number of carbonyl (C=O) groups is 2. The molecule has 8 heteroatoms. The predicted molar refractivity (Wildman–Crippen MR) is 110 cm³/mol. The summed E-state index contributed by atoms with van der Waals surface area (Å²) in [5, 5.41) is 5.40. The molecule has 0 radical (unpaired) electrons. The number of aryl methyl sites for hydroxylation is 1. The van der Waals surface area contributed by atoms with Crippen LogP contribution in [0.3, 0.4) is 0 Å². The van der Waals surface area contributed by atoms with Crippen molar-refractivity contribution in [2.75, 3.05) is 16.4 Å². The Morgan fingerprint density at radius 2 is 1.76 bits per heavy atom. The quantitative estimate of drug-likeness (QED) is 0.639. The van der Waals surface area contributed by atoms with E-state index in [1.54, 1.807) is 56.3 Å². The lowest BCUT2D eigenvalue weighted by molar-refractivity contribution is 0.0993. The molecule has 3 aromatic rings. The minimum atomic E-state index is -3.38. The molecular weight excluding hydrogens is 392 g/mol. The third kappa shape index (κ3) is 4.72. The maximum absolute atomic E-state index is 12.6. The second-order valence-corrected chi connectivity index (χ2v) is 8.62. The molecule has 0 unspecified atom stereocenters. The topological polar surface area (TPSA) is 105 Å². The van der Waals surface area contributed by atoms with E-state index in [1.165, 1.54) is 18.4 Å². The number of amides is 2. The van der Waals surface area contributed by atoms with Gasteiger partial charge in [0.2, 0.25) is 0 Å². The van der Waals surface area contributed by atoms with Gasteiger partial charge in [-0.2, -0.15) is 0 Å². The van der Waals surface area contributed by atoms with Crippen LogP contribution in [-0.2, 0) is 9.84 Å². The van der Waals surface area contributed by atoms with Crippen molar-refractivity contribution < 1.29 is 22.4 Å². The molecule has 1 aromatic heterocycles. The first-order valence-electron chi connectivity index (χ1n) is 8.90. The summed E-state index contributed by atoms with van der Waals surface area (Å²) in [7, 11) is -3.38.